The third kappa shape index (κ3) is 6.90. The number of amides is 1. The summed E-state index contributed by atoms with van der Waals surface area (Å²) in [6.45, 7) is 5.15. The molecular weight excluding hydrogens is 236 g/mol. The van der Waals surface area contributed by atoms with Gasteiger partial charge >= 0.3 is 0 Å². The first-order valence-corrected chi connectivity index (χ1v) is 6.56. The Hall–Kier alpha value is -0.690. The van der Waals surface area contributed by atoms with Crippen LogP contribution in [-0.2, 0) is 14.3 Å². The van der Waals surface area contributed by atoms with Gasteiger partial charge in [0, 0.05) is 32.2 Å². The highest BCUT2D eigenvalue weighted by Gasteiger charge is 2.20. The molecule has 1 saturated heterocycles. The summed E-state index contributed by atoms with van der Waals surface area (Å²) in [4.78, 5) is 11.0. The number of nitrogens with one attached hydrogen (secondary N) is 2. The van der Waals surface area contributed by atoms with Crippen LogP contribution in [0.5, 0.6) is 0 Å². The van der Waals surface area contributed by atoms with Crippen molar-refractivity contribution in [3.63, 3.8) is 0 Å². The topological polar surface area (TPSA) is 79.8 Å². The molecule has 1 aliphatic rings. The largest absolute Gasteiger partial charge is 0.389 e. The Labute approximate surface area is 108 Å². The predicted octanol–water partition coefficient (Wildman–Crippen LogP) is -0.731. The summed E-state index contributed by atoms with van der Waals surface area (Å²) in [5.74, 6) is 0.113. The van der Waals surface area contributed by atoms with E-state index in [-0.39, 0.29) is 11.9 Å². The molecule has 6 nitrogen and oxygen atoms in total. The fraction of sp³-hybridized carbons (Fsp3) is 0.917. The molecule has 0 aromatic heterocycles. The fourth-order valence-electron chi connectivity index (χ4n) is 1.80. The van der Waals surface area contributed by atoms with E-state index in [0.29, 0.717) is 45.9 Å². The molecule has 0 aliphatic carbocycles. The van der Waals surface area contributed by atoms with Gasteiger partial charge in [-0.25, -0.2) is 0 Å². The lowest BCUT2D eigenvalue weighted by Gasteiger charge is -2.15. The zero-order valence-electron chi connectivity index (χ0n) is 11.0. The van der Waals surface area contributed by atoms with E-state index < -0.39 is 6.10 Å². The van der Waals surface area contributed by atoms with Crippen LogP contribution in [0.1, 0.15) is 19.8 Å². The smallest absolute Gasteiger partial charge is 0.220 e. The number of aliphatic hydroxyl groups is 1. The molecule has 2 unspecified atom stereocenters. The molecule has 0 saturated carbocycles. The molecule has 1 aliphatic heterocycles. The van der Waals surface area contributed by atoms with Crippen molar-refractivity contribution in [2.45, 2.75) is 31.9 Å². The summed E-state index contributed by atoms with van der Waals surface area (Å²) in [5, 5.41) is 15.6. The van der Waals surface area contributed by atoms with Gasteiger partial charge in [0.2, 0.25) is 5.91 Å². The highest BCUT2D eigenvalue weighted by atomic mass is 16.5. The maximum Gasteiger partial charge on any atom is 0.220 e. The minimum atomic E-state index is -0.524. The minimum absolute atomic E-state index is 0.113. The quantitative estimate of drug-likeness (QED) is 0.451. The van der Waals surface area contributed by atoms with Crippen LogP contribution in [0.25, 0.3) is 0 Å². The molecule has 0 aromatic carbocycles. The third-order valence-corrected chi connectivity index (χ3v) is 2.74. The number of carbonyl (C=O) groups excluding carboxylic acids is 1. The molecule has 1 heterocycles. The molecule has 18 heavy (non-hydrogen) atoms. The summed E-state index contributed by atoms with van der Waals surface area (Å²) in [6, 6.07) is 0.198. The molecule has 1 amide bonds. The summed E-state index contributed by atoms with van der Waals surface area (Å²) in [5.41, 5.74) is 0. The fourth-order valence-corrected chi connectivity index (χ4v) is 1.80. The summed E-state index contributed by atoms with van der Waals surface area (Å²) in [6.07, 6.45) is 0.950. The van der Waals surface area contributed by atoms with E-state index in [2.05, 4.69) is 10.6 Å². The molecule has 0 spiro atoms. The van der Waals surface area contributed by atoms with Crippen LogP contribution < -0.4 is 10.6 Å². The van der Waals surface area contributed by atoms with Gasteiger partial charge in [-0.05, 0) is 13.3 Å². The van der Waals surface area contributed by atoms with Crippen molar-refractivity contribution in [1.82, 2.24) is 10.6 Å². The van der Waals surface area contributed by atoms with E-state index in [4.69, 9.17) is 9.47 Å². The second-order valence-corrected chi connectivity index (χ2v) is 4.39. The monoisotopic (exact) mass is 260 g/mol. The average Bonchev–Trinajstić information content (AvgIpc) is 2.75. The van der Waals surface area contributed by atoms with Crippen LogP contribution in [-0.4, -0.2) is 62.7 Å². The molecule has 106 valence electrons. The zero-order chi connectivity index (χ0) is 13.2. The molecule has 2 atom stereocenters. The van der Waals surface area contributed by atoms with Gasteiger partial charge in [0.15, 0.2) is 0 Å². The second kappa shape index (κ2) is 9.27. The van der Waals surface area contributed by atoms with Crippen molar-refractivity contribution in [2.24, 2.45) is 0 Å². The Kier molecular flexibility index (Phi) is 7.91. The molecule has 0 radical (unpaired) electrons. The lowest BCUT2D eigenvalue weighted by Crippen LogP contribution is -2.39. The zero-order valence-corrected chi connectivity index (χ0v) is 11.0. The summed E-state index contributed by atoms with van der Waals surface area (Å²) < 4.78 is 10.4. The number of ether oxygens (including phenoxy) is 2. The Morgan fingerprint density at radius 1 is 1.50 bits per heavy atom. The Morgan fingerprint density at radius 2 is 2.28 bits per heavy atom. The van der Waals surface area contributed by atoms with E-state index in [9.17, 15) is 9.90 Å². The standard InChI is InChI=1S/C12H24N2O4/c1-2-17-5-6-18-9-11(15)8-13-7-10-3-4-12(16)14-10/h10-11,13,15H,2-9H2,1H3,(H,14,16). The van der Waals surface area contributed by atoms with Crippen molar-refractivity contribution in [2.75, 3.05) is 39.5 Å². The lowest BCUT2D eigenvalue weighted by molar-refractivity contribution is -0.119. The lowest BCUT2D eigenvalue weighted by atomic mass is 10.2. The van der Waals surface area contributed by atoms with E-state index in [1.807, 2.05) is 6.92 Å². The van der Waals surface area contributed by atoms with Crippen LogP contribution in [0.15, 0.2) is 0 Å². The van der Waals surface area contributed by atoms with Crippen molar-refractivity contribution >= 4 is 5.91 Å². The first kappa shape index (κ1) is 15.4. The summed E-state index contributed by atoms with van der Waals surface area (Å²) in [7, 11) is 0. The van der Waals surface area contributed by atoms with Gasteiger partial charge in [-0.3, -0.25) is 4.79 Å². The van der Waals surface area contributed by atoms with Crippen LogP contribution in [0.2, 0.25) is 0 Å². The van der Waals surface area contributed by atoms with Crippen molar-refractivity contribution in [3.8, 4) is 0 Å². The number of rotatable bonds is 10. The van der Waals surface area contributed by atoms with Gasteiger partial charge < -0.3 is 25.2 Å². The van der Waals surface area contributed by atoms with E-state index in [1.54, 1.807) is 0 Å². The highest BCUT2D eigenvalue weighted by molar-refractivity contribution is 5.78. The number of hydrogen-bond donors (Lipinski definition) is 3. The van der Waals surface area contributed by atoms with Crippen molar-refractivity contribution < 1.29 is 19.4 Å². The van der Waals surface area contributed by atoms with Gasteiger partial charge in [0.05, 0.1) is 25.9 Å². The van der Waals surface area contributed by atoms with E-state index in [1.165, 1.54) is 0 Å². The predicted molar refractivity (Wildman–Crippen MR) is 67.4 cm³/mol. The molecule has 1 rings (SSSR count). The van der Waals surface area contributed by atoms with E-state index >= 15 is 0 Å². The molecule has 0 aromatic rings. The number of aliphatic hydroxyl groups excluding tert-OH is 1. The third-order valence-electron chi connectivity index (χ3n) is 2.74. The van der Waals surface area contributed by atoms with Crippen LogP contribution in [0.4, 0.5) is 0 Å². The average molecular weight is 260 g/mol. The molecule has 3 N–H and O–H groups in total. The van der Waals surface area contributed by atoms with Gasteiger partial charge in [-0.15, -0.1) is 0 Å². The Morgan fingerprint density at radius 3 is 2.94 bits per heavy atom. The maximum absolute atomic E-state index is 11.0. The molecule has 6 heteroatoms. The first-order valence-electron chi connectivity index (χ1n) is 6.56. The van der Waals surface area contributed by atoms with Gasteiger partial charge in [0.1, 0.15) is 0 Å². The normalized spacial score (nSPS) is 21.0. The van der Waals surface area contributed by atoms with Gasteiger partial charge in [-0.2, -0.15) is 0 Å². The Balaban J connectivity index is 1.90. The summed E-state index contributed by atoms with van der Waals surface area (Å²) >= 11 is 0. The van der Waals surface area contributed by atoms with Gasteiger partial charge in [-0.1, -0.05) is 0 Å². The number of carbonyl (C=O) groups is 1. The SMILES string of the molecule is CCOCCOCC(O)CNCC1CCC(=O)N1. The van der Waals surface area contributed by atoms with Crippen LogP contribution in [0, 0.1) is 0 Å². The molecule has 0 bridgehead atoms. The molecular formula is C12H24N2O4. The highest BCUT2D eigenvalue weighted by Crippen LogP contribution is 2.04. The second-order valence-electron chi connectivity index (χ2n) is 4.39. The minimum Gasteiger partial charge on any atom is -0.389 e. The van der Waals surface area contributed by atoms with Crippen LogP contribution >= 0.6 is 0 Å². The maximum atomic E-state index is 11.0. The van der Waals surface area contributed by atoms with Crippen molar-refractivity contribution in [3.05, 3.63) is 0 Å². The number of hydrogen-bond acceptors (Lipinski definition) is 5. The van der Waals surface area contributed by atoms with Gasteiger partial charge in [0.25, 0.3) is 0 Å². The van der Waals surface area contributed by atoms with Crippen molar-refractivity contribution in [1.29, 1.82) is 0 Å². The van der Waals surface area contributed by atoms with E-state index in [0.717, 1.165) is 6.42 Å². The molecule has 1 fully saturated rings. The first-order chi connectivity index (χ1) is 8.72. The van der Waals surface area contributed by atoms with Crippen LogP contribution in [0.3, 0.4) is 0 Å². The Bertz CT molecular complexity index is 238.